The van der Waals surface area contributed by atoms with E-state index >= 15 is 0 Å². The van der Waals surface area contributed by atoms with Crippen LogP contribution in [0.4, 0.5) is 19.0 Å². The molecule has 1 atom stereocenters. The molecule has 7 heteroatoms. The van der Waals surface area contributed by atoms with Crippen LogP contribution in [0.2, 0.25) is 0 Å². The monoisotopic (exact) mass is 262 g/mol. The van der Waals surface area contributed by atoms with Crippen LogP contribution in [0.1, 0.15) is 5.56 Å². The van der Waals surface area contributed by atoms with E-state index in [1.54, 1.807) is 0 Å². The van der Waals surface area contributed by atoms with Crippen LogP contribution < -0.4 is 5.32 Å². The van der Waals surface area contributed by atoms with Gasteiger partial charge >= 0.3 is 6.18 Å². The van der Waals surface area contributed by atoms with Crippen LogP contribution in [0.25, 0.3) is 0 Å². The number of ether oxygens (including phenoxy) is 2. The van der Waals surface area contributed by atoms with E-state index in [2.05, 4.69) is 10.3 Å². The molecule has 0 aliphatic carbocycles. The summed E-state index contributed by atoms with van der Waals surface area (Å²) < 4.78 is 47.9. The number of alkyl halides is 3. The van der Waals surface area contributed by atoms with Crippen LogP contribution in [-0.4, -0.2) is 37.5 Å². The van der Waals surface area contributed by atoms with Crippen molar-refractivity contribution in [2.24, 2.45) is 0 Å². The van der Waals surface area contributed by atoms with Crippen molar-refractivity contribution >= 4 is 5.82 Å². The van der Waals surface area contributed by atoms with Gasteiger partial charge in [-0.3, -0.25) is 0 Å². The average molecular weight is 262 g/mol. The number of pyridine rings is 1. The van der Waals surface area contributed by atoms with Gasteiger partial charge < -0.3 is 14.8 Å². The molecule has 2 rings (SSSR count). The summed E-state index contributed by atoms with van der Waals surface area (Å²) in [5, 5.41) is 2.81. The van der Waals surface area contributed by atoms with Crippen LogP contribution in [0, 0.1) is 0 Å². The highest BCUT2D eigenvalue weighted by Crippen LogP contribution is 2.29. The van der Waals surface area contributed by atoms with Gasteiger partial charge in [0, 0.05) is 12.7 Å². The van der Waals surface area contributed by atoms with Gasteiger partial charge in [-0.15, -0.1) is 0 Å². The zero-order valence-corrected chi connectivity index (χ0v) is 9.54. The predicted molar refractivity (Wildman–Crippen MR) is 58.3 cm³/mol. The van der Waals surface area contributed by atoms with Gasteiger partial charge in [0.25, 0.3) is 0 Å². The number of halogens is 3. The van der Waals surface area contributed by atoms with Crippen LogP contribution >= 0.6 is 0 Å². The summed E-state index contributed by atoms with van der Waals surface area (Å²) in [5.74, 6) is 0.180. The minimum Gasteiger partial charge on any atom is -0.376 e. The summed E-state index contributed by atoms with van der Waals surface area (Å²) in [6, 6.07) is 1.91. The van der Waals surface area contributed by atoms with E-state index in [9.17, 15) is 13.2 Å². The van der Waals surface area contributed by atoms with Crippen molar-refractivity contribution in [1.29, 1.82) is 0 Å². The summed E-state index contributed by atoms with van der Waals surface area (Å²) in [6.07, 6.45) is -3.39. The first-order valence-electron chi connectivity index (χ1n) is 5.52. The maximum Gasteiger partial charge on any atom is 0.416 e. The molecular weight excluding hydrogens is 249 g/mol. The van der Waals surface area contributed by atoms with Crippen LogP contribution in [-0.2, 0) is 15.7 Å². The fourth-order valence-corrected chi connectivity index (χ4v) is 1.58. The molecule has 1 aromatic rings. The Labute approximate surface area is 102 Å². The second-order valence-corrected chi connectivity index (χ2v) is 3.88. The molecule has 2 heterocycles. The molecule has 1 fully saturated rings. The van der Waals surface area contributed by atoms with Gasteiger partial charge in [0.1, 0.15) is 5.82 Å². The smallest absolute Gasteiger partial charge is 0.376 e. The largest absolute Gasteiger partial charge is 0.416 e. The van der Waals surface area contributed by atoms with E-state index in [4.69, 9.17) is 9.47 Å². The third-order valence-electron chi connectivity index (χ3n) is 2.48. The van der Waals surface area contributed by atoms with Crippen molar-refractivity contribution < 1.29 is 22.6 Å². The number of hydrogen-bond acceptors (Lipinski definition) is 4. The topological polar surface area (TPSA) is 43.4 Å². The van der Waals surface area contributed by atoms with E-state index < -0.39 is 11.7 Å². The quantitative estimate of drug-likeness (QED) is 0.904. The maximum absolute atomic E-state index is 12.5. The Morgan fingerprint density at radius 3 is 2.89 bits per heavy atom. The van der Waals surface area contributed by atoms with E-state index in [-0.39, 0.29) is 11.9 Å². The molecule has 0 radical (unpaired) electrons. The molecule has 1 saturated heterocycles. The van der Waals surface area contributed by atoms with E-state index in [0.29, 0.717) is 26.4 Å². The minimum atomic E-state index is -4.36. The molecule has 0 amide bonds. The first kappa shape index (κ1) is 13.1. The number of anilines is 1. The summed E-state index contributed by atoms with van der Waals surface area (Å²) in [5.41, 5.74) is -0.721. The van der Waals surface area contributed by atoms with Crippen molar-refractivity contribution in [3.8, 4) is 0 Å². The third kappa shape index (κ3) is 3.58. The Kier molecular flexibility index (Phi) is 4.03. The molecule has 1 unspecified atom stereocenters. The predicted octanol–water partition coefficient (Wildman–Crippen LogP) is 1.93. The van der Waals surface area contributed by atoms with Crippen molar-refractivity contribution in [2.45, 2.75) is 12.3 Å². The highest BCUT2D eigenvalue weighted by atomic mass is 19.4. The molecular formula is C11H13F3N2O2. The molecule has 0 bridgehead atoms. The SMILES string of the molecule is FC(F)(F)c1ccnc(NCC2COCCO2)c1. The summed E-state index contributed by atoms with van der Waals surface area (Å²) in [7, 11) is 0. The minimum absolute atomic E-state index is 0.157. The Morgan fingerprint density at radius 2 is 2.22 bits per heavy atom. The van der Waals surface area contributed by atoms with Gasteiger partial charge in [0.15, 0.2) is 0 Å². The summed E-state index contributed by atoms with van der Waals surface area (Å²) in [4.78, 5) is 3.83. The Balaban J connectivity index is 1.92. The molecule has 18 heavy (non-hydrogen) atoms. The summed E-state index contributed by atoms with van der Waals surface area (Å²) >= 11 is 0. The van der Waals surface area contributed by atoms with E-state index in [0.717, 1.165) is 18.3 Å². The highest BCUT2D eigenvalue weighted by Gasteiger charge is 2.30. The van der Waals surface area contributed by atoms with Gasteiger partial charge in [-0.25, -0.2) is 4.98 Å². The lowest BCUT2D eigenvalue weighted by Gasteiger charge is -2.23. The molecule has 0 saturated carbocycles. The van der Waals surface area contributed by atoms with E-state index in [1.165, 1.54) is 0 Å². The van der Waals surface area contributed by atoms with Crippen molar-refractivity contribution in [3.63, 3.8) is 0 Å². The first-order valence-corrected chi connectivity index (χ1v) is 5.52. The molecule has 1 aliphatic heterocycles. The molecule has 100 valence electrons. The molecule has 1 N–H and O–H groups in total. The number of nitrogens with zero attached hydrogens (tertiary/aromatic N) is 1. The van der Waals surface area contributed by atoms with Crippen molar-refractivity contribution in [3.05, 3.63) is 23.9 Å². The van der Waals surface area contributed by atoms with Gasteiger partial charge in [-0.05, 0) is 12.1 Å². The lowest BCUT2D eigenvalue weighted by molar-refractivity contribution is -0.137. The van der Waals surface area contributed by atoms with Crippen molar-refractivity contribution in [1.82, 2.24) is 4.98 Å². The maximum atomic E-state index is 12.5. The van der Waals surface area contributed by atoms with E-state index in [1.807, 2.05) is 0 Å². The van der Waals surface area contributed by atoms with Crippen LogP contribution in [0.3, 0.4) is 0 Å². The number of rotatable bonds is 3. The fraction of sp³-hybridized carbons (Fsp3) is 0.545. The summed E-state index contributed by atoms with van der Waals surface area (Å²) in [6.45, 7) is 1.86. The number of nitrogens with one attached hydrogen (secondary N) is 1. The Hall–Kier alpha value is -1.34. The zero-order chi connectivity index (χ0) is 13.0. The molecule has 1 aromatic heterocycles. The fourth-order valence-electron chi connectivity index (χ4n) is 1.58. The molecule has 0 spiro atoms. The lowest BCUT2D eigenvalue weighted by atomic mass is 10.2. The van der Waals surface area contributed by atoms with Gasteiger partial charge in [-0.2, -0.15) is 13.2 Å². The lowest BCUT2D eigenvalue weighted by Crippen LogP contribution is -2.34. The zero-order valence-electron chi connectivity index (χ0n) is 9.54. The van der Waals surface area contributed by atoms with Crippen molar-refractivity contribution in [2.75, 3.05) is 31.7 Å². The van der Waals surface area contributed by atoms with Gasteiger partial charge in [0.05, 0.1) is 31.5 Å². The second-order valence-electron chi connectivity index (χ2n) is 3.88. The standard InChI is InChI=1S/C11H13F3N2O2/c12-11(13,14)8-1-2-15-10(5-8)16-6-9-7-17-3-4-18-9/h1-2,5,9H,3-4,6-7H2,(H,15,16). The molecule has 4 nitrogen and oxygen atoms in total. The number of aromatic nitrogens is 1. The average Bonchev–Trinajstić information content (AvgIpc) is 2.37. The van der Waals surface area contributed by atoms with Gasteiger partial charge in [0.2, 0.25) is 0 Å². The van der Waals surface area contributed by atoms with Crippen LogP contribution in [0.15, 0.2) is 18.3 Å². The second kappa shape index (κ2) is 5.53. The Bertz CT molecular complexity index is 392. The third-order valence-corrected chi connectivity index (χ3v) is 2.48. The van der Waals surface area contributed by atoms with Gasteiger partial charge in [-0.1, -0.05) is 0 Å². The highest BCUT2D eigenvalue weighted by molar-refractivity contribution is 5.38. The molecule has 1 aliphatic rings. The molecule has 0 aromatic carbocycles. The number of hydrogen-bond donors (Lipinski definition) is 1. The Morgan fingerprint density at radius 1 is 1.39 bits per heavy atom. The first-order chi connectivity index (χ1) is 8.55. The normalized spacial score (nSPS) is 20.7. The van der Waals surface area contributed by atoms with Crippen LogP contribution in [0.5, 0.6) is 0 Å².